The largest absolute Gasteiger partial charge is 0.493 e. The summed E-state index contributed by atoms with van der Waals surface area (Å²) in [4.78, 5) is 15.7. The first-order valence-corrected chi connectivity index (χ1v) is 12.2. The Balaban J connectivity index is 1.67. The smallest absolute Gasteiger partial charge is 0.361 e. The Kier molecular flexibility index (Phi) is 8.79. The molecule has 0 spiro atoms. The van der Waals surface area contributed by atoms with E-state index >= 15 is 0 Å². The van der Waals surface area contributed by atoms with Crippen LogP contribution in [-0.4, -0.2) is 55.1 Å². The van der Waals surface area contributed by atoms with E-state index in [-0.39, 0.29) is 6.54 Å². The van der Waals surface area contributed by atoms with Crippen LogP contribution in [0.3, 0.4) is 0 Å². The molecule has 3 aromatic rings. The Morgan fingerprint density at radius 3 is 2.67 bits per heavy atom. The fraction of sp³-hybridized carbons (Fsp3) is 0.269. The lowest BCUT2D eigenvalue weighted by molar-refractivity contribution is -0.129. The van der Waals surface area contributed by atoms with Crippen molar-refractivity contribution in [3.63, 3.8) is 0 Å². The van der Waals surface area contributed by atoms with E-state index in [2.05, 4.69) is 30.0 Å². The first-order valence-electron chi connectivity index (χ1n) is 11.8. The van der Waals surface area contributed by atoms with Crippen molar-refractivity contribution in [2.45, 2.75) is 18.6 Å². The van der Waals surface area contributed by atoms with E-state index in [0.29, 0.717) is 22.9 Å². The minimum atomic E-state index is -1.40. The molecule has 4 rings (SSSR count). The lowest BCUT2D eigenvalue weighted by Crippen LogP contribution is -2.30. The molecule has 0 saturated heterocycles. The number of carbonyl (C=O) groups is 1. The maximum atomic E-state index is 11.2. The van der Waals surface area contributed by atoms with Gasteiger partial charge < -0.3 is 34.5 Å². The van der Waals surface area contributed by atoms with Gasteiger partial charge in [0.25, 0.3) is 0 Å². The molecular weight excluding hydrogens is 528 g/mol. The highest BCUT2D eigenvalue weighted by atomic mass is 35.5. The molecule has 1 aromatic heterocycles. The quantitative estimate of drug-likeness (QED) is 0.162. The average molecular weight is 555 g/mol. The zero-order valence-corrected chi connectivity index (χ0v) is 22.2. The van der Waals surface area contributed by atoms with E-state index in [0.717, 1.165) is 22.5 Å². The number of aliphatic carboxylic acids is 1. The number of ether oxygens (including phenoxy) is 3. The van der Waals surface area contributed by atoms with E-state index in [1.165, 1.54) is 7.11 Å². The Labute approximate surface area is 229 Å². The minimum absolute atomic E-state index is 0.204. The van der Waals surface area contributed by atoms with Crippen molar-refractivity contribution in [2.75, 3.05) is 27.9 Å². The first kappa shape index (κ1) is 27.6. The predicted molar refractivity (Wildman–Crippen MR) is 144 cm³/mol. The van der Waals surface area contributed by atoms with Gasteiger partial charge in [-0.15, -0.1) is 5.10 Å². The molecule has 0 fully saturated rings. The summed E-state index contributed by atoms with van der Waals surface area (Å²) >= 11 is 6.43. The highest BCUT2D eigenvalue weighted by molar-refractivity contribution is 6.64. The number of methoxy groups -OCH3 is 2. The third kappa shape index (κ3) is 5.86. The van der Waals surface area contributed by atoms with Crippen LogP contribution in [-0.2, 0) is 14.4 Å². The fourth-order valence-electron chi connectivity index (χ4n) is 4.35. The zero-order chi connectivity index (χ0) is 27.9. The molecule has 1 aliphatic rings. The van der Waals surface area contributed by atoms with Crippen LogP contribution in [0.2, 0.25) is 5.02 Å². The summed E-state index contributed by atoms with van der Waals surface area (Å²) in [5.41, 5.74) is 8.50. The zero-order valence-electron chi connectivity index (χ0n) is 21.4. The molecule has 1 unspecified atom stereocenters. The molecule has 1 aliphatic heterocycles. The number of aromatic nitrogens is 1. The standard InChI is InChI=1S/C26H27ClN6O6/c1-36-21-8-4-6-16(24(21)37-2)23-17-14-15(27)9-10-18(17)33-13-5-7-19(33)20(39-23)11-12-29-32-30-25(28)22(26(34)35)31-38-3/h4-10,13-14,20,23H,11-12H2,1-3H3,(H,34,35)(H2,28,29,30)/b31-22+/t20?,23-/m1/s1. The molecule has 39 heavy (non-hydrogen) atoms. The lowest BCUT2D eigenvalue weighted by Gasteiger charge is -2.25. The Bertz CT molecular complexity index is 1440. The molecule has 0 saturated carbocycles. The van der Waals surface area contributed by atoms with Gasteiger partial charge in [0, 0.05) is 28.8 Å². The van der Waals surface area contributed by atoms with E-state index in [1.807, 2.05) is 54.7 Å². The number of amidine groups is 1. The molecule has 13 heteroatoms. The molecule has 0 bridgehead atoms. The number of fused-ring (bicyclic) bond motifs is 3. The third-order valence-corrected chi connectivity index (χ3v) is 6.23. The van der Waals surface area contributed by atoms with Gasteiger partial charge in [-0.05, 0) is 41.6 Å². The Morgan fingerprint density at radius 2 is 1.95 bits per heavy atom. The van der Waals surface area contributed by atoms with Crippen molar-refractivity contribution in [3.8, 4) is 17.2 Å². The second kappa shape index (κ2) is 12.4. The second-order valence-electron chi connectivity index (χ2n) is 8.25. The molecule has 0 amide bonds. The number of hydrogen-bond acceptors (Lipinski definition) is 8. The molecule has 0 radical (unpaired) electrons. The molecule has 204 valence electrons. The number of nitrogens with two attached hydrogens (primary N) is 1. The number of nitrogens with zero attached hydrogens (tertiary/aromatic N) is 5. The molecule has 0 aliphatic carbocycles. The number of rotatable bonds is 10. The van der Waals surface area contributed by atoms with Crippen LogP contribution in [0.4, 0.5) is 0 Å². The van der Waals surface area contributed by atoms with Gasteiger partial charge in [-0.25, -0.2) is 4.79 Å². The fourth-order valence-corrected chi connectivity index (χ4v) is 4.53. The monoisotopic (exact) mass is 554 g/mol. The van der Waals surface area contributed by atoms with Gasteiger partial charge in [0.2, 0.25) is 5.71 Å². The van der Waals surface area contributed by atoms with E-state index in [9.17, 15) is 4.79 Å². The van der Waals surface area contributed by atoms with Gasteiger partial charge in [0.15, 0.2) is 17.3 Å². The van der Waals surface area contributed by atoms with Gasteiger partial charge in [-0.1, -0.05) is 28.9 Å². The summed E-state index contributed by atoms with van der Waals surface area (Å²) in [6, 6.07) is 15.2. The highest BCUT2D eigenvalue weighted by Gasteiger charge is 2.32. The first-order chi connectivity index (χ1) is 18.9. The number of carboxylic acid groups (broad SMARTS) is 1. The number of oxime groups is 1. The second-order valence-corrected chi connectivity index (χ2v) is 8.69. The Hall–Kier alpha value is -4.42. The molecule has 12 nitrogen and oxygen atoms in total. The maximum Gasteiger partial charge on any atom is 0.361 e. The van der Waals surface area contributed by atoms with Crippen molar-refractivity contribution in [3.05, 3.63) is 76.6 Å². The van der Waals surface area contributed by atoms with E-state index in [1.54, 1.807) is 14.2 Å². The minimum Gasteiger partial charge on any atom is -0.493 e. The topological polar surface area (TPSA) is 155 Å². The third-order valence-electron chi connectivity index (χ3n) is 5.99. The number of hydrogen-bond donors (Lipinski definition) is 2. The predicted octanol–water partition coefficient (Wildman–Crippen LogP) is 4.51. The average Bonchev–Trinajstić information content (AvgIpc) is 3.37. The summed E-state index contributed by atoms with van der Waals surface area (Å²) in [5, 5.41) is 24.3. The summed E-state index contributed by atoms with van der Waals surface area (Å²) in [7, 11) is 4.36. The number of halogens is 1. The van der Waals surface area contributed by atoms with Crippen molar-refractivity contribution in [1.82, 2.24) is 4.57 Å². The van der Waals surface area contributed by atoms with Crippen LogP contribution in [0.25, 0.3) is 5.69 Å². The van der Waals surface area contributed by atoms with Gasteiger partial charge in [0.1, 0.15) is 19.3 Å². The SMILES string of the molecule is CO/N=C(/C(=O)O)C(N)=NN=NCCC1O[C@H](c2cccc(OC)c2OC)c2cc(Cl)ccc2-n2cccc21. The molecular formula is C26H27ClN6O6. The summed E-state index contributed by atoms with van der Waals surface area (Å²) < 4.78 is 20.0. The van der Waals surface area contributed by atoms with Crippen molar-refractivity contribution >= 4 is 29.1 Å². The molecule has 2 heterocycles. The Morgan fingerprint density at radius 1 is 1.13 bits per heavy atom. The van der Waals surface area contributed by atoms with Gasteiger partial charge in [-0.2, -0.15) is 5.11 Å². The molecule has 2 atom stereocenters. The van der Waals surface area contributed by atoms with Gasteiger partial charge in [0.05, 0.1) is 32.1 Å². The van der Waals surface area contributed by atoms with Gasteiger partial charge in [-0.3, -0.25) is 0 Å². The lowest BCUT2D eigenvalue weighted by atomic mass is 9.98. The van der Waals surface area contributed by atoms with E-state index in [4.69, 9.17) is 36.7 Å². The molecule has 2 aromatic carbocycles. The van der Waals surface area contributed by atoms with Crippen molar-refractivity contribution < 1.29 is 28.9 Å². The maximum absolute atomic E-state index is 11.2. The number of benzene rings is 2. The summed E-state index contributed by atoms with van der Waals surface area (Å²) in [6.07, 6.45) is 1.41. The van der Waals surface area contributed by atoms with Crippen LogP contribution >= 0.6 is 11.6 Å². The van der Waals surface area contributed by atoms with Gasteiger partial charge >= 0.3 is 5.97 Å². The number of carboxylic acids is 1. The summed E-state index contributed by atoms with van der Waals surface area (Å²) in [5.74, 6) is -0.716. The molecule has 3 N–H and O–H groups in total. The number of para-hydroxylation sites is 1. The van der Waals surface area contributed by atoms with E-state index < -0.39 is 29.7 Å². The van der Waals surface area contributed by atoms with Crippen LogP contribution < -0.4 is 15.2 Å². The normalized spacial score (nSPS) is 17.3. The van der Waals surface area contributed by atoms with Crippen LogP contribution in [0.15, 0.2) is 75.3 Å². The van der Waals surface area contributed by atoms with Crippen LogP contribution in [0.1, 0.15) is 35.4 Å². The highest BCUT2D eigenvalue weighted by Crippen LogP contribution is 2.46. The summed E-state index contributed by atoms with van der Waals surface area (Å²) in [6.45, 7) is 0.204. The van der Waals surface area contributed by atoms with Crippen molar-refractivity contribution in [2.24, 2.45) is 26.3 Å². The van der Waals surface area contributed by atoms with Crippen LogP contribution in [0, 0.1) is 0 Å². The van der Waals surface area contributed by atoms with Crippen LogP contribution in [0.5, 0.6) is 11.5 Å². The van der Waals surface area contributed by atoms with Crippen molar-refractivity contribution in [1.29, 1.82) is 0 Å².